The molecule has 0 bridgehead atoms. The van der Waals surface area contributed by atoms with Gasteiger partial charge in [0, 0.05) is 22.7 Å². The van der Waals surface area contributed by atoms with Crippen molar-refractivity contribution < 1.29 is 0 Å². The molecule has 0 fully saturated rings. The highest BCUT2D eigenvalue weighted by atomic mass is 15.0. The minimum absolute atomic E-state index is 0.423. The summed E-state index contributed by atoms with van der Waals surface area (Å²) >= 11 is 0. The van der Waals surface area contributed by atoms with E-state index < -0.39 is 0 Å². The van der Waals surface area contributed by atoms with Gasteiger partial charge in [-0.1, -0.05) is 110 Å². The van der Waals surface area contributed by atoms with Crippen molar-refractivity contribution in [2.75, 3.05) is 0 Å². The van der Waals surface area contributed by atoms with Crippen LogP contribution in [0.25, 0.3) is 32.8 Å². The average molecular weight is 559 g/mol. The van der Waals surface area contributed by atoms with Crippen LogP contribution in [-0.4, -0.2) is 16.7 Å². The zero-order chi connectivity index (χ0) is 29.2. The van der Waals surface area contributed by atoms with E-state index in [4.69, 9.17) is 15.7 Å². The van der Waals surface area contributed by atoms with E-state index in [2.05, 4.69) is 121 Å². The molecule has 2 N–H and O–H groups in total. The van der Waals surface area contributed by atoms with Crippen LogP contribution >= 0.6 is 0 Å². The van der Waals surface area contributed by atoms with Gasteiger partial charge in [-0.15, -0.1) is 0 Å². The van der Waals surface area contributed by atoms with E-state index in [0.29, 0.717) is 24.1 Å². The normalized spacial score (nSPS) is 17.3. The Labute approximate surface area is 252 Å². The Bertz CT molecular complexity index is 1980. The summed E-state index contributed by atoms with van der Waals surface area (Å²) in [7, 11) is 0. The van der Waals surface area contributed by atoms with Gasteiger partial charge < -0.3 is 5.73 Å². The molecular formula is C39H34N4. The van der Waals surface area contributed by atoms with E-state index in [-0.39, 0.29) is 0 Å². The second-order valence-corrected chi connectivity index (χ2v) is 11.5. The highest BCUT2D eigenvalue weighted by Crippen LogP contribution is 2.35. The van der Waals surface area contributed by atoms with Crippen LogP contribution < -0.4 is 5.73 Å². The molecule has 210 valence electrons. The minimum Gasteiger partial charge on any atom is -0.383 e. The third-order valence-electron chi connectivity index (χ3n) is 8.52. The molecule has 7 rings (SSSR count). The first-order valence-electron chi connectivity index (χ1n) is 15.0. The van der Waals surface area contributed by atoms with Gasteiger partial charge in [-0.3, -0.25) is 9.98 Å². The zero-order valence-electron chi connectivity index (χ0n) is 24.4. The number of pyridine rings is 1. The largest absolute Gasteiger partial charge is 0.383 e. The first-order chi connectivity index (χ1) is 21.1. The molecule has 0 saturated carbocycles. The molecule has 0 aliphatic heterocycles. The monoisotopic (exact) mass is 558 g/mol. The smallest absolute Gasteiger partial charge is 0.157 e. The van der Waals surface area contributed by atoms with Gasteiger partial charge in [0.1, 0.15) is 5.84 Å². The van der Waals surface area contributed by atoms with Crippen LogP contribution in [0.3, 0.4) is 0 Å². The van der Waals surface area contributed by atoms with Crippen molar-refractivity contribution in [1.82, 2.24) is 4.98 Å². The Morgan fingerprint density at radius 3 is 2.58 bits per heavy atom. The van der Waals surface area contributed by atoms with Gasteiger partial charge in [-0.05, 0) is 75.9 Å². The summed E-state index contributed by atoms with van der Waals surface area (Å²) < 4.78 is 0. The van der Waals surface area contributed by atoms with Gasteiger partial charge >= 0.3 is 0 Å². The summed E-state index contributed by atoms with van der Waals surface area (Å²) in [5.41, 5.74) is 15.9. The molecule has 4 aromatic carbocycles. The van der Waals surface area contributed by atoms with E-state index in [0.717, 1.165) is 58.0 Å². The Balaban J connectivity index is 1.26. The molecule has 4 nitrogen and oxygen atoms in total. The highest BCUT2D eigenvalue weighted by molar-refractivity contribution is 6.11. The second-order valence-electron chi connectivity index (χ2n) is 11.5. The molecule has 1 unspecified atom stereocenters. The van der Waals surface area contributed by atoms with Crippen molar-refractivity contribution in [2.24, 2.45) is 21.6 Å². The summed E-state index contributed by atoms with van der Waals surface area (Å²) in [4.78, 5) is 14.7. The van der Waals surface area contributed by atoms with Crippen molar-refractivity contribution in [1.29, 1.82) is 0 Å². The van der Waals surface area contributed by atoms with Crippen LogP contribution in [0.1, 0.15) is 37.3 Å². The fourth-order valence-electron chi connectivity index (χ4n) is 6.24. The van der Waals surface area contributed by atoms with Gasteiger partial charge in [0.25, 0.3) is 0 Å². The molecule has 1 heterocycles. The quantitative estimate of drug-likeness (QED) is 0.173. The van der Waals surface area contributed by atoms with E-state index in [1.807, 2.05) is 12.3 Å². The van der Waals surface area contributed by atoms with Crippen LogP contribution in [-0.2, 0) is 6.54 Å². The molecule has 43 heavy (non-hydrogen) atoms. The maximum atomic E-state index is 6.75. The van der Waals surface area contributed by atoms with Crippen LogP contribution in [0.4, 0.5) is 0 Å². The first kappa shape index (κ1) is 26.8. The zero-order valence-corrected chi connectivity index (χ0v) is 24.4. The number of aromatic nitrogens is 1. The van der Waals surface area contributed by atoms with E-state index >= 15 is 0 Å². The van der Waals surface area contributed by atoms with Crippen molar-refractivity contribution in [3.63, 3.8) is 0 Å². The fraction of sp³-hybridized carbons (Fsp3) is 0.154. The van der Waals surface area contributed by atoms with Crippen molar-refractivity contribution in [3.05, 3.63) is 149 Å². The molecule has 0 saturated heterocycles. The molecule has 2 aliphatic rings. The number of benzene rings is 4. The van der Waals surface area contributed by atoms with Crippen LogP contribution in [0.15, 0.2) is 148 Å². The Kier molecular flexibility index (Phi) is 7.26. The first-order valence-corrected chi connectivity index (χ1v) is 15.0. The maximum Gasteiger partial charge on any atom is 0.157 e. The lowest BCUT2D eigenvalue weighted by atomic mass is 9.80. The third kappa shape index (κ3) is 5.56. The fourth-order valence-corrected chi connectivity index (χ4v) is 6.24. The third-order valence-corrected chi connectivity index (χ3v) is 8.52. The van der Waals surface area contributed by atoms with E-state index in [1.54, 1.807) is 0 Å². The topological polar surface area (TPSA) is 63.6 Å². The number of allylic oxidation sites excluding steroid dienone is 5. The molecule has 0 radical (unpaired) electrons. The number of para-hydroxylation sites is 1. The molecular weight excluding hydrogens is 524 g/mol. The summed E-state index contributed by atoms with van der Waals surface area (Å²) in [6.07, 6.45) is 11.7. The number of amidine groups is 2. The van der Waals surface area contributed by atoms with Crippen molar-refractivity contribution in [3.8, 4) is 11.1 Å². The van der Waals surface area contributed by atoms with Crippen LogP contribution in [0.5, 0.6) is 0 Å². The Morgan fingerprint density at radius 1 is 0.884 bits per heavy atom. The molecule has 1 atom stereocenters. The SMILES string of the molecule is CC1CC(C(N)=NC(=NCc2ccc3ccccc3c2)c2ccc(-c3cccc4cccnc34)cc2)=CC2=C1C=CCC2. The summed E-state index contributed by atoms with van der Waals surface area (Å²) in [6, 6.07) is 33.7. The predicted octanol–water partition coefficient (Wildman–Crippen LogP) is 8.97. The maximum absolute atomic E-state index is 6.75. The number of nitrogens with two attached hydrogens (primary N) is 1. The van der Waals surface area contributed by atoms with Crippen LogP contribution in [0.2, 0.25) is 0 Å². The van der Waals surface area contributed by atoms with Gasteiger partial charge in [0.05, 0.1) is 12.1 Å². The number of hydrogen-bond acceptors (Lipinski definition) is 2. The lowest BCUT2D eigenvalue weighted by Gasteiger charge is -2.26. The minimum atomic E-state index is 0.423. The average Bonchev–Trinajstić information content (AvgIpc) is 3.06. The van der Waals surface area contributed by atoms with Crippen molar-refractivity contribution in [2.45, 2.75) is 32.7 Å². The Hall–Kier alpha value is -5.09. The number of fused-ring (bicyclic) bond motifs is 2. The lowest BCUT2D eigenvalue weighted by Crippen LogP contribution is -2.22. The summed E-state index contributed by atoms with van der Waals surface area (Å²) in [5, 5.41) is 3.56. The lowest BCUT2D eigenvalue weighted by molar-refractivity contribution is 0.668. The Morgan fingerprint density at radius 2 is 1.70 bits per heavy atom. The molecule has 0 amide bonds. The molecule has 1 aromatic heterocycles. The van der Waals surface area contributed by atoms with Gasteiger partial charge in [-0.25, -0.2) is 4.99 Å². The predicted molar refractivity (Wildman–Crippen MR) is 180 cm³/mol. The number of rotatable bonds is 5. The number of hydrogen-bond donors (Lipinski definition) is 1. The van der Waals surface area contributed by atoms with Crippen LogP contribution in [0, 0.1) is 5.92 Å². The van der Waals surface area contributed by atoms with Crippen molar-refractivity contribution >= 4 is 33.3 Å². The van der Waals surface area contributed by atoms with Gasteiger partial charge in [-0.2, -0.15) is 0 Å². The highest BCUT2D eigenvalue weighted by Gasteiger charge is 2.22. The standard InChI is InChI=1S/C39H34N4/c1-26-22-34(24-33-10-4-5-13-35(26)33)38(40)43-39(42-25-27-15-16-28-8-2-3-9-32(28)23-27)31-19-17-29(18-20-31)36-14-6-11-30-12-7-21-41-37(30)36/h2-3,5-9,11-21,23-24,26H,4,10,22,25H2,1H3,(H2,40,42,43). The molecule has 4 heteroatoms. The van der Waals surface area contributed by atoms with Gasteiger partial charge in [0.2, 0.25) is 0 Å². The second kappa shape index (κ2) is 11.7. The summed E-state index contributed by atoms with van der Waals surface area (Å²) in [6.45, 7) is 2.79. The number of nitrogens with zero attached hydrogens (tertiary/aromatic N) is 3. The van der Waals surface area contributed by atoms with E-state index in [1.165, 1.54) is 21.9 Å². The van der Waals surface area contributed by atoms with Gasteiger partial charge in [0.15, 0.2) is 5.84 Å². The van der Waals surface area contributed by atoms with E-state index in [9.17, 15) is 0 Å². The molecule has 5 aromatic rings. The molecule has 2 aliphatic carbocycles. The number of aliphatic imine (C=N–C) groups is 2. The summed E-state index contributed by atoms with van der Waals surface area (Å²) in [5.74, 6) is 1.62. The molecule has 0 spiro atoms.